The van der Waals surface area contributed by atoms with Crippen molar-refractivity contribution in [2.45, 2.75) is 44.4 Å². The number of halogens is 3. The number of hydrogen-bond acceptors (Lipinski definition) is 3. The fraction of sp³-hybridized carbons (Fsp3) is 0.778. The molecule has 17 heavy (non-hydrogen) atoms. The fourth-order valence-electron chi connectivity index (χ4n) is 0.982. The molecule has 8 heteroatoms. The van der Waals surface area contributed by atoms with E-state index < -0.39 is 35.6 Å². The molecule has 0 radical (unpaired) electrons. The molecule has 0 fully saturated rings. The molecule has 0 aromatic rings. The second-order valence-corrected chi connectivity index (χ2v) is 4.64. The van der Waals surface area contributed by atoms with Crippen LogP contribution in [0.5, 0.6) is 0 Å². The van der Waals surface area contributed by atoms with Crippen molar-refractivity contribution in [3.63, 3.8) is 0 Å². The third kappa shape index (κ3) is 4.22. The topological polar surface area (TPSA) is 92.4 Å². The van der Waals surface area contributed by atoms with Crippen LogP contribution in [-0.4, -0.2) is 34.2 Å². The normalized spacial score (nSPS) is 16.2. The molecule has 0 rings (SSSR count). The molecular formula is C9H15F3N2O3. The second kappa shape index (κ2) is 4.52. The molecule has 0 aliphatic carbocycles. The van der Waals surface area contributed by atoms with Crippen LogP contribution in [0.15, 0.2) is 0 Å². The number of hydrogen-bond donors (Lipinski definition) is 3. The van der Waals surface area contributed by atoms with Crippen molar-refractivity contribution in [3.05, 3.63) is 0 Å². The molecule has 0 saturated heterocycles. The number of nitrogens with one attached hydrogen (secondary N) is 1. The summed E-state index contributed by atoms with van der Waals surface area (Å²) in [5.74, 6) is -3.24. The monoisotopic (exact) mass is 256 g/mol. The highest BCUT2D eigenvalue weighted by Crippen LogP contribution is 2.30. The Bertz CT molecular complexity index is 322. The molecule has 0 heterocycles. The van der Waals surface area contributed by atoms with Gasteiger partial charge in [0.05, 0.1) is 0 Å². The Balaban J connectivity index is 4.93. The van der Waals surface area contributed by atoms with Gasteiger partial charge in [-0.15, -0.1) is 0 Å². The van der Waals surface area contributed by atoms with Gasteiger partial charge in [0.2, 0.25) is 11.4 Å². The Labute approximate surface area is 96.2 Å². The summed E-state index contributed by atoms with van der Waals surface area (Å²) in [4.78, 5) is 21.9. The van der Waals surface area contributed by atoms with Crippen molar-refractivity contribution in [1.82, 2.24) is 5.32 Å². The van der Waals surface area contributed by atoms with Crippen molar-refractivity contribution in [1.29, 1.82) is 0 Å². The van der Waals surface area contributed by atoms with E-state index in [1.807, 2.05) is 0 Å². The maximum atomic E-state index is 12.5. The Morgan fingerprint density at radius 3 is 1.88 bits per heavy atom. The third-order valence-electron chi connectivity index (χ3n) is 2.00. The van der Waals surface area contributed by atoms with E-state index in [1.54, 1.807) is 0 Å². The van der Waals surface area contributed by atoms with Gasteiger partial charge in [-0.3, -0.25) is 4.79 Å². The maximum absolute atomic E-state index is 12.5. The summed E-state index contributed by atoms with van der Waals surface area (Å²) in [7, 11) is 0. The smallest absolute Gasteiger partial charge is 0.422 e. The first-order chi connectivity index (χ1) is 7.29. The number of carbonyl (C=O) groups is 2. The summed E-state index contributed by atoms with van der Waals surface area (Å²) < 4.78 is 37.6. The van der Waals surface area contributed by atoms with Crippen molar-refractivity contribution in [2.24, 2.45) is 5.73 Å². The molecule has 1 atom stereocenters. The highest BCUT2D eigenvalue weighted by Gasteiger charge is 2.58. The molecule has 5 nitrogen and oxygen atoms in total. The SMILES string of the molecule is CC(C)(N)CC(=O)NC(C)(C(=O)O)C(F)(F)F. The molecule has 1 amide bonds. The average molecular weight is 256 g/mol. The predicted octanol–water partition coefficient (Wildman–Crippen LogP) is 0.636. The van der Waals surface area contributed by atoms with E-state index >= 15 is 0 Å². The molecule has 0 aromatic carbocycles. The first-order valence-electron chi connectivity index (χ1n) is 4.69. The van der Waals surface area contributed by atoms with Crippen molar-refractivity contribution in [2.75, 3.05) is 0 Å². The summed E-state index contributed by atoms with van der Waals surface area (Å²) in [6.07, 6.45) is -5.50. The Kier molecular flexibility index (Phi) is 4.17. The lowest BCUT2D eigenvalue weighted by Crippen LogP contribution is -2.62. The Hall–Kier alpha value is -1.31. The lowest BCUT2D eigenvalue weighted by atomic mass is 9.98. The van der Waals surface area contributed by atoms with Crippen LogP contribution < -0.4 is 11.1 Å². The van der Waals surface area contributed by atoms with Gasteiger partial charge in [0.15, 0.2) is 0 Å². The standard InChI is InChI=1S/C9H15F3N2O3/c1-7(2,13)4-5(15)14-8(3,6(16)17)9(10,11)12/h4,13H2,1-3H3,(H,14,15)(H,16,17). The van der Waals surface area contributed by atoms with Crippen LogP contribution >= 0.6 is 0 Å². The summed E-state index contributed by atoms with van der Waals surface area (Å²) in [5, 5.41) is 10.00. The zero-order valence-electron chi connectivity index (χ0n) is 9.68. The van der Waals surface area contributed by atoms with E-state index in [1.165, 1.54) is 19.2 Å². The van der Waals surface area contributed by atoms with Crippen molar-refractivity contribution in [3.8, 4) is 0 Å². The zero-order valence-corrected chi connectivity index (χ0v) is 9.68. The van der Waals surface area contributed by atoms with Gasteiger partial charge in [0.25, 0.3) is 0 Å². The van der Waals surface area contributed by atoms with Crippen LogP contribution in [0, 0.1) is 0 Å². The molecular weight excluding hydrogens is 241 g/mol. The van der Waals surface area contributed by atoms with Crippen molar-refractivity contribution < 1.29 is 27.9 Å². The van der Waals surface area contributed by atoms with E-state index in [2.05, 4.69) is 0 Å². The number of alkyl halides is 3. The third-order valence-corrected chi connectivity index (χ3v) is 2.00. The molecule has 1 unspecified atom stereocenters. The van der Waals surface area contributed by atoms with Crippen LogP contribution in [-0.2, 0) is 9.59 Å². The van der Waals surface area contributed by atoms with E-state index in [9.17, 15) is 22.8 Å². The van der Waals surface area contributed by atoms with Crippen molar-refractivity contribution >= 4 is 11.9 Å². The average Bonchev–Trinajstić information content (AvgIpc) is 1.96. The van der Waals surface area contributed by atoms with Gasteiger partial charge in [-0.2, -0.15) is 13.2 Å². The number of carboxylic acids is 1. The summed E-state index contributed by atoms with van der Waals surface area (Å²) >= 11 is 0. The number of aliphatic carboxylic acids is 1. The number of carboxylic acid groups (broad SMARTS) is 1. The minimum Gasteiger partial charge on any atom is -0.479 e. The summed E-state index contributed by atoms with van der Waals surface area (Å²) in [6, 6.07) is 0. The van der Waals surface area contributed by atoms with E-state index in [4.69, 9.17) is 10.8 Å². The van der Waals surface area contributed by atoms with Gasteiger partial charge in [-0.1, -0.05) is 0 Å². The molecule has 0 bridgehead atoms. The largest absolute Gasteiger partial charge is 0.479 e. The maximum Gasteiger partial charge on any atom is 0.422 e. The molecule has 100 valence electrons. The van der Waals surface area contributed by atoms with Crippen LogP contribution in [0.2, 0.25) is 0 Å². The van der Waals surface area contributed by atoms with Crippen LogP contribution in [0.25, 0.3) is 0 Å². The van der Waals surface area contributed by atoms with Crippen LogP contribution in [0.4, 0.5) is 13.2 Å². The second-order valence-electron chi connectivity index (χ2n) is 4.64. The van der Waals surface area contributed by atoms with Gasteiger partial charge in [0.1, 0.15) is 0 Å². The number of nitrogens with two attached hydrogens (primary N) is 1. The number of rotatable bonds is 4. The molecule has 0 spiro atoms. The number of carbonyl (C=O) groups excluding carboxylic acids is 1. The van der Waals surface area contributed by atoms with Crippen LogP contribution in [0.3, 0.4) is 0 Å². The molecule has 0 aromatic heterocycles. The minimum atomic E-state index is -5.09. The lowest BCUT2D eigenvalue weighted by molar-refractivity contribution is -0.207. The van der Waals surface area contributed by atoms with E-state index in [0.717, 1.165) is 0 Å². The van der Waals surface area contributed by atoms with E-state index in [-0.39, 0.29) is 0 Å². The highest BCUT2D eigenvalue weighted by molar-refractivity contribution is 5.87. The van der Waals surface area contributed by atoms with Gasteiger partial charge in [-0.25, -0.2) is 4.79 Å². The molecule has 0 aliphatic rings. The quantitative estimate of drug-likeness (QED) is 0.688. The number of amides is 1. The molecule has 0 aliphatic heterocycles. The first kappa shape index (κ1) is 15.7. The Morgan fingerprint density at radius 1 is 1.24 bits per heavy atom. The van der Waals surface area contributed by atoms with Gasteiger partial charge >= 0.3 is 12.1 Å². The summed E-state index contributed by atoms with van der Waals surface area (Å²) in [6.45, 7) is 3.27. The van der Waals surface area contributed by atoms with E-state index in [0.29, 0.717) is 6.92 Å². The zero-order chi connectivity index (χ0) is 14.1. The molecule has 0 saturated carbocycles. The fourth-order valence-corrected chi connectivity index (χ4v) is 0.982. The molecule has 4 N–H and O–H groups in total. The first-order valence-corrected chi connectivity index (χ1v) is 4.69. The highest BCUT2D eigenvalue weighted by atomic mass is 19.4. The Morgan fingerprint density at radius 2 is 1.65 bits per heavy atom. The van der Waals surface area contributed by atoms with Gasteiger partial charge in [0, 0.05) is 12.0 Å². The lowest BCUT2D eigenvalue weighted by Gasteiger charge is -2.29. The summed E-state index contributed by atoms with van der Waals surface area (Å²) in [5.41, 5.74) is 1.12. The van der Waals surface area contributed by atoms with Crippen LogP contribution in [0.1, 0.15) is 27.2 Å². The predicted molar refractivity (Wildman–Crippen MR) is 53.1 cm³/mol. The van der Waals surface area contributed by atoms with Gasteiger partial charge in [-0.05, 0) is 20.8 Å². The van der Waals surface area contributed by atoms with Gasteiger partial charge < -0.3 is 16.2 Å². The minimum absolute atomic E-state index is 0.386.